The Balaban J connectivity index is 2.02. The quantitative estimate of drug-likeness (QED) is 0.481. The third-order valence-corrected chi connectivity index (χ3v) is 5.34. The second-order valence-corrected chi connectivity index (χ2v) is 6.97. The molecule has 0 amide bonds. The van der Waals surface area contributed by atoms with Gasteiger partial charge in [-0.15, -0.1) is 0 Å². The average molecular weight is 400 g/mol. The predicted molar refractivity (Wildman–Crippen MR) is 112 cm³/mol. The Bertz CT molecular complexity index is 1550. The van der Waals surface area contributed by atoms with Crippen molar-refractivity contribution < 1.29 is 4.74 Å². The summed E-state index contributed by atoms with van der Waals surface area (Å²) in [5.41, 5.74) is 8.58. The lowest BCUT2D eigenvalue weighted by Crippen LogP contribution is -2.22. The molecule has 144 valence electrons. The summed E-state index contributed by atoms with van der Waals surface area (Å²) in [5, 5.41) is 30.3. The van der Waals surface area contributed by atoms with E-state index < -0.39 is 5.92 Å². The fourth-order valence-corrected chi connectivity index (χ4v) is 4.03. The van der Waals surface area contributed by atoms with Crippen molar-refractivity contribution in [2.45, 2.75) is 5.92 Å². The van der Waals surface area contributed by atoms with E-state index in [2.05, 4.69) is 16.0 Å². The molecule has 7 heteroatoms. The Morgan fingerprint density at radius 3 is 2.03 bits per heavy atom. The van der Waals surface area contributed by atoms with Gasteiger partial charge in [0.25, 0.3) is 0 Å². The molecule has 5 rings (SSSR count). The minimum Gasteiger partial charge on any atom is -0.439 e. The molecular formula is C24H12N6O. The van der Waals surface area contributed by atoms with Gasteiger partial charge in [0, 0.05) is 16.3 Å². The third kappa shape index (κ3) is 2.57. The summed E-state index contributed by atoms with van der Waals surface area (Å²) >= 11 is 0. The van der Waals surface area contributed by atoms with Crippen LogP contribution in [0.15, 0.2) is 66.1 Å². The first-order chi connectivity index (χ1) is 15.2. The second kappa shape index (κ2) is 6.84. The van der Waals surface area contributed by atoms with Crippen molar-refractivity contribution in [1.29, 1.82) is 15.8 Å². The molecule has 2 heterocycles. The van der Waals surface area contributed by atoms with Crippen molar-refractivity contribution in [2.75, 3.05) is 0 Å². The van der Waals surface area contributed by atoms with Crippen LogP contribution in [0.25, 0.3) is 21.8 Å². The molecule has 1 aliphatic rings. The fourth-order valence-electron chi connectivity index (χ4n) is 4.03. The van der Waals surface area contributed by atoms with Gasteiger partial charge in [0.2, 0.25) is 5.88 Å². The average Bonchev–Trinajstić information content (AvgIpc) is 2.83. The molecule has 1 unspecified atom stereocenters. The molecule has 3 aromatic carbocycles. The maximum absolute atomic E-state index is 9.89. The monoisotopic (exact) mass is 400 g/mol. The number of allylic oxidation sites excluding steroid dienone is 1. The zero-order valence-corrected chi connectivity index (χ0v) is 16.0. The number of nitrogens with two attached hydrogens (primary N) is 1. The number of fused-ring (bicyclic) bond motifs is 6. The maximum atomic E-state index is 9.89. The van der Waals surface area contributed by atoms with Gasteiger partial charge in [0.1, 0.15) is 29.5 Å². The largest absolute Gasteiger partial charge is 0.439 e. The highest BCUT2D eigenvalue weighted by Gasteiger charge is 2.35. The van der Waals surface area contributed by atoms with Crippen molar-refractivity contribution in [3.05, 3.63) is 88.6 Å². The van der Waals surface area contributed by atoms with Crippen LogP contribution in [-0.2, 0) is 0 Å². The van der Waals surface area contributed by atoms with Gasteiger partial charge in [-0.25, -0.2) is 9.97 Å². The van der Waals surface area contributed by atoms with Crippen LogP contribution in [0, 0.1) is 34.0 Å². The smallest absolute Gasteiger partial charge is 0.205 e. The summed E-state index contributed by atoms with van der Waals surface area (Å²) in [6, 6.07) is 22.9. The van der Waals surface area contributed by atoms with Crippen molar-refractivity contribution in [3.63, 3.8) is 0 Å². The Kier molecular flexibility index (Phi) is 4.00. The molecule has 0 radical (unpaired) electrons. The Morgan fingerprint density at radius 2 is 1.39 bits per heavy atom. The normalized spacial score (nSPS) is 14.9. The number of rotatable bonds is 1. The lowest BCUT2D eigenvalue weighted by Gasteiger charge is -2.28. The van der Waals surface area contributed by atoms with Crippen molar-refractivity contribution in [1.82, 2.24) is 9.97 Å². The van der Waals surface area contributed by atoms with Crippen molar-refractivity contribution in [3.8, 4) is 24.0 Å². The second-order valence-electron chi connectivity index (χ2n) is 6.97. The minimum absolute atomic E-state index is 0.0236. The van der Waals surface area contributed by atoms with E-state index in [9.17, 15) is 15.8 Å². The number of hydrogen-bond donors (Lipinski definition) is 1. The summed E-state index contributed by atoms with van der Waals surface area (Å²) in [4.78, 5) is 8.97. The molecule has 0 spiro atoms. The van der Waals surface area contributed by atoms with Gasteiger partial charge in [-0.3, -0.25) is 0 Å². The molecular weight excluding hydrogens is 388 g/mol. The Labute approximate surface area is 176 Å². The molecule has 0 saturated carbocycles. The van der Waals surface area contributed by atoms with Gasteiger partial charge in [-0.1, -0.05) is 54.6 Å². The van der Waals surface area contributed by atoms with Crippen LogP contribution in [0.5, 0.6) is 5.75 Å². The SMILES string of the molecule is N#CC1=C(N)Oc2c(c3nc(C#N)c(C#N)nc3c3ccccc23)C1c1ccccc1. The molecule has 31 heavy (non-hydrogen) atoms. The summed E-state index contributed by atoms with van der Waals surface area (Å²) in [5.74, 6) is -0.0670. The molecule has 4 aromatic rings. The molecule has 0 fully saturated rings. The van der Waals surface area contributed by atoms with Crippen LogP contribution in [0.2, 0.25) is 0 Å². The summed E-state index contributed by atoms with van der Waals surface area (Å²) in [6.45, 7) is 0. The highest BCUT2D eigenvalue weighted by atomic mass is 16.5. The lowest BCUT2D eigenvalue weighted by atomic mass is 9.81. The molecule has 1 aromatic heterocycles. The minimum atomic E-state index is -0.559. The number of benzene rings is 3. The van der Waals surface area contributed by atoms with Gasteiger partial charge in [0.05, 0.1) is 17.0 Å². The fraction of sp³-hybridized carbons (Fsp3) is 0.0417. The van der Waals surface area contributed by atoms with Gasteiger partial charge < -0.3 is 10.5 Å². The van der Waals surface area contributed by atoms with Crippen LogP contribution in [0.1, 0.15) is 28.4 Å². The molecule has 0 bridgehead atoms. The zero-order valence-electron chi connectivity index (χ0n) is 16.0. The van der Waals surface area contributed by atoms with E-state index in [1.165, 1.54) is 0 Å². The van der Waals surface area contributed by atoms with Gasteiger partial charge >= 0.3 is 0 Å². The molecule has 7 nitrogen and oxygen atoms in total. The molecule has 1 atom stereocenters. The van der Waals surface area contributed by atoms with Crippen LogP contribution >= 0.6 is 0 Å². The number of nitrogens with zero attached hydrogens (tertiary/aromatic N) is 5. The zero-order chi connectivity index (χ0) is 21.5. The third-order valence-electron chi connectivity index (χ3n) is 5.34. The van der Waals surface area contributed by atoms with E-state index in [0.29, 0.717) is 27.7 Å². The highest BCUT2D eigenvalue weighted by molar-refractivity contribution is 6.10. The molecule has 1 aliphatic heterocycles. The number of nitriles is 3. The summed E-state index contributed by atoms with van der Waals surface area (Å²) in [7, 11) is 0. The van der Waals surface area contributed by atoms with E-state index >= 15 is 0 Å². The van der Waals surface area contributed by atoms with E-state index in [1.54, 1.807) is 0 Å². The summed E-state index contributed by atoms with van der Waals surface area (Å²) in [6.07, 6.45) is 0. The highest BCUT2D eigenvalue weighted by Crippen LogP contribution is 2.48. The Morgan fingerprint density at radius 1 is 0.774 bits per heavy atom. The number of hydrogen-bond acceptors (Lipinski definition) is 7. The van der Waals surface area contributed by atoms with E-state index in [0.717, 1.165) is 10.9 Å². The van der Waals surface area contributed by atoms with Crippen LogP contribution in [0.3, 0.4) is 0 Å². The summed E-state index contributed by atoms with van der Waals surface area (Å²) < 4.78 is 5.96. The first-order valence-electron chi connectivity index (χ1n) is 9.37. The first kappa shape index (κ1) is 18.1. The van der Waals surface area contributed by atoms with Crippen LogP contribution in [-0.4, -0.2) is 9.97 Å². The molecule has 2 N–H and O–H groups in total. The van der Waals surface area contributed by atoms with Gasteiger partial charge in [-0.2, -0.15) is 15.8 Å². The predicted octanol–water partition coefficient (Wildman–Crippen LogP) is 3.74. The number of aromatic nitrogens is 2. The molecule has 0 saturated heterocycles. The standard InChI is InChI=1S/C24H12N6O/c25-10-16-19(13-6-2-1-3-7-13)20-22-21(29-17(11-26)18(12-27)30-22)14-8-4-5-9-15(14)23(20)31-24(16)28/h1-9,19H,28H2. The molecule has 0 aliphatic carbocycles. The van der Waals surface area contributed by atoms with E-state index in [4.69, 9.17) is 10.5 Å². The maximum Gasteiger partial charge on any atom is 0.205 e. The van der Waals surface area contributed by atoms with Crippen molar-refractivity contribution >= 4 is 21.8 Å². The Hall–Kier alpha value is -4.93. The van der Waals surface area contributed by atoms with Gasteiger partial charge in [0.15, 0.2) is 11.4 Å². The lowest BCUT2D eigenvalue weighted by molar-refractivity contribution is 0.399. The van der Waals surface area contributed by atoms with Crippen LogP contribution in [0.4, 0.5) is 0 Å². The van der Waals surface area contributed by atoms with Gasteiger partial charge in [-0.05, 0) is 5.56 Å². The van der Waals surface area contributed by atoms with Crippen molar-refractivity contribution in [2.24, 2.45) is 5.73 Å². The first-order valence-corrected chi connectivity index (χ1v) is 9.37. The number of ether oxygens (including phenoxy) is 1. The van der Waals surface area contributed by atoms with Crippen LogP contribution < -0.4 is 10.5 Å². The van der Waals surface area contributed by atoms with E-state index in [-0.39, 0.29) is 22.8 Å². The van der Waals surface area contributed by atoms with E-state index in [1.807, 2.05) is 66.7 Å². The topological polar surface area (TPSA) is 132 Å².